The largest absolute Gasteiger partial charge is 0.370 e. The van der Waals surface area contributed by atoms with Crippen LogP contribution in [0.1, 0.15) is 36.6 Å². The summed E-state index contributed by atoms with van der Waals surface area (Å²) in [4.78, 5) is 29.1. The molecule has 6 nitrogen and oxygen atoms in total. The van der Waals surface area contributed by atoms with Crippen LogP contribution < -0.4 is 15.1 Å². The monoisotopic (exact) mass is 449 g/mol. The van der Waals surface area contributed by atoms with Gasteiger partial charge in [0.1, 0.15) is 17.0 Å². The number of aryl methyl sites for hydroxylation is 2. The summed E-state index contributed by atoms with van der Waals surface area (Å²) in [6.07, 6.45) is 6.94. The van der Waals surface area contributed by atoms with Gasteiger partial charge in [-0.2, -0.15) is 0 Å². The highest BCUT2D eigenvalue weighted by molar-refractivity contribution is 7.18. The molecule has 0 unspecified atom stereocenters. The average molecular weight is 450 g/mol. The van der Waals surface area contributed by atoms with Crippen LogP contribution in [0.2, 0.25) is 0 Å². The van der Waals surface area contributed by atoms with Crippen molar-refractivity contribution >= 4 is 39.0 Å². The van der Waals surface area contributed by atoms with Gasteiger partial charge in [0.15, 0.2) is 0 Å². The van der Waals surface area contributed by atoms with Gasteiger partial charge in [-0.25, -0.2) is 9.97 Å². The molecule has 1 N–H and O–H groups in total. The van der Waals surface area contributed by atoms with Crippen molar-refractivity contribution in [1.82, 2.24) is 15.3 Å². The lowest BCUT2D eigenvalue weighted by Crippen LogP contribution is -2.45. The van der Waals surface area contributed by atoms with Gasteiger partial charge < -0.3 is 15.1 Å². The summed E-state index contributed by atoms with van der Waals surface area (Å²) in [5.74, 6) is 1.16. The van der Waals surface area contributed by atoms with Crippen molar-refractivity contribution < 1.29 is 4.79 Å². The lowest BCUT2D eigenvalue weighted by molar-refractivity contribution is -0.125. The molecule has 0 saturated carbocycles. The van der Waals surface area contributed by atoms with E-state index in [1.54, 1.807) is 17.7 Å². The van der Waals surface area contributed by atoms with Crippen LogP contribution in [0.25, 0.3) is 10.2 Å². The van der Waals surface area contributed by atoms with Crippen molar-refractivity contribution in [3.05, 3.63) is 47.1 Å². The van der Waals surface area contributed by atoms with Crippen molar-refractivity contribution in [1.29, 1.82) is 0 Å². The van der Waals surface area contributed by atoms with Crippen LogP contribution in [0.4, 0.5) is 11.5 Å². The maximum absolute atomic E-state index is 13.0. The number of benzene rings is 1. The third kappa shape index (κ3) is 4.31. The van der Waals surface area contributed by atoms with E-state index in [9.17, 15) is 4.79 Å². The third-order valence-corrected chi connectivity index (χ3v) is 7.87. The Labute approximate surface area is 193 Å². The summed E-state index contributed by atoms with van der Waals surface area (Å²) in [5.41, 5.74) is 2.75. The Morgan fingerprint density at radius 3 is 3.03 bits per heavy atom. The van der Waals surface area contributed by atoms with Crippen molar-refractivity contribution in [3.63, 3.8) is 0 Å². The Hall–Kier alpha value is -2.67. The average Bonchev–Trinajstić information content (AvgIpc) is 3.28. The number of fused-ring (bicyclic) bond motifs is 2. The summed E-state index contributed by atoms with van der Waals surface area (Å²) in [6.45, 7) is 6.45. The zero-order chi connectivity index (χ0) is 21.9. The summed E-state index contributed by atoms with van der Waals surface area (Å²) < 4.78 is 0. The molecular weight excluding hydrogens is 418 g/mol. The fraction of sp³-hybridized carbons (Fsp3) is 0.480. The molecule has 4 heterocycles. The number of anilines is 2. The normalized spacial score (nSPS) is 18.6. The van der Waals surface area contributed by atoms with Crippen molar-refractivity contribution in [3.8, 4) is 0 Å². The van der Waals surface area contributed by atoms with Crippen molar-refractivity contribution in [2.24, 2.45) is 5.92 Å². The molecule has 1 fully saturated rings. The molecule has 2 aliphatic rings. The number of aromatic nitrogens is 2. The summed E-state index contributed by atoms with van der Waals surface area (Å²) in [6, 6.07) is 10.9. The number of carbonyl (C=O) groups is 1. The minimum absolute atomic E-state index is 0.00619. The number of thiophene rings is 1. The number of hydrogen-bond acceptors (Lipinski definition) is 6. The van der Waals surface area contributed by atoms with Crippen LogP contribution in [0.5, 0.6) is 0 Å². The molecule has 5 rings (SSSR count). The molecule has 0 spiro atoms. The first kappa shape index (κ1) is 21.2. The molecule has 1 atom stereocenters. The predicted octanol–water partition coefficient (Wildman–Crippen LogP) is 4.04. The second-order valence-electron chi connectivity index (χ2n) is 8.78. The number of nitrogens with zero attached hydrogens (tertiary/aromatic N) is 4. The van der Waals surface area contributed by atoms with E-state index in [2.05, 4.69) is 62.3 Å². The lowest BCUT2D eigenvalue weighted by Gasteiger charge is -2.34. The Morgan fingerprint density at radius 1 is 1.22 bits per heavy atom. The van der Waals surface area contributed by atoms with Gasteiger partial charge in [-0.15, -0.1) is 11.3 Å². The number of nitrogens with one attached hydrogen (secondary N) is 1. The van der Waals surface area contributed by atoms with Crippen LogP contribution in [0.3, 0.4) is 0 Å². The molecule has 3 aromatic rings. The van der Waals surface area contributed by atoms with E-state index >= 15 is 0 Å². The Morgan fingerprint density at radius 2 is 2.12 bits per heavy atom. The topological polar surface area (TPSA) is 61.4 Å². The van der Waals surface area contributed by atoms with Gasteiger partial charge >= 0.3 is 0 Å². The maximum Gasteiger partial charge on any atom is 0.224 e. The number of amides is 1. The first-order valence-corrected chi connectivity index (χ1v) is 12.6. The molecular formula is C25H31N5OS. The second kappa shape index (κ2) is 9.45. The van der Waals surface area contributed by atoms with E-state index in [0.717, 1.165) is 67.9 Å². The first-order valence-electron chi connectivity index (χ1n) is 11.8. The van der Waals surface area contributed by atoms with Crippen LogP contribution in [-0.4, -0.2) is 48.6 Å². The number of hydrogen-bond donors (Lipinski definition) is 1. The molecule has 168 valence electrons. The van der Waals surface area contributed by atoms with E-state index in [4.69, 9.17) is 0 Å². The fourth-order valence-electron chi connectivity index (χ4n) is 5.00. The highest BCUT2D eigenvalue weighted by Crippen LogP contribution is 2.32. The highest BCUT2D eigenvalue weighted by Gasteiger charge is 2.28. The molecule has 0 bridgehead atoms. The summed E-state index contributed by atoms with van der Waals surface area (Å²) in [5, 5.41) is 4.34. The number of piperidine rings is 1. The van der Waals surface area contributed by atoms with Gasteiger partial charge in [0.05, 0.1) is 11.3 Å². The standard InChI is InChI=1S/C25H31N5OS/c1-2-20-15-21-23(27-17-28-25(21)32-20)30-13-6-9-19(16-30)24(31)26-11-14-29-12-5-8-18-7-3-4-10-22(18)29/h3-4,7,10,15,17,19H,2,5-6,8-9,11-14,16H2,1H3,(H,26,31)/t19-/m0/s1. The van der Waals surface area contributed by atoms with E-state index < -0.39 is 0 Å². The molecule has 7 heteroatoms. The van der Waals surface area contributed by atoms with Gasteiger partial charge in [0.2, 0.25) is 5.91 Å². The third-order valence-electron chi connectivity index (χ3n) is 6.69. The Balaban J connectivity index is 1.20. The van der Waals surface area contributed by atoms with E-state index in [-0.39, 0.29) is 11.8 Å². The van der Waals surface area contributed by atoms with E-state index in [0.29, 0.717) is 6.54 Å². The molecule has 32 heavy (non-hydrogen) atoms. The number of rotatable bonds is 6. The van der Waals surface area contributed by atoms with Gasteiger partial charge in [-0.1, -0.05) is 25.1 Å². The Kier molecular flexibility index (Phi) is 6.26. The van der Waals surface area contributed by atoms with Crippen molar-refractivity contribution in [2.45, 2.75) is 39.0 Å². The lowest BCUT2D eigenvalue weighted by atomic mass is 9.97. The smallest absolute Gasteiger partial charge is 0.224 e. The zero-order valence-electron chi connectivity index (χ0n) is 18.7. The molecule has 0 aliphatic carbocycles. The van der Waals surface area contributed by atoms with Crippen LogP contribution in [0.15, 0.2) is 36.7 Å². The second-order valence-corrected chi connectivity index (χ2v) is 9.89. The van der Waals surface area contributed by atoms with Gasteiger partial charge in [0, 0.05) is 43.3 Å². The van der Waals surface area contributed by atoms with Crippen molar-refractivity contribution in [2.75, 3.05) is 42.5 Å². The van der Waals surface area contributed by atoms with Crippen LogP contribution in [0, 0.1) is 5.92 Å². The van der Waals surface area contributed by atoms with Gasteiger partial charge in [-0.3, -0.25) is 4.79 Å². The molecule has 1 aromatic carbocycles. The molecule has 2 aliphatic heterocycles. The highest BCUT2D eigenvalue weighted by atomic mass is 32.1. The Bertz CT molecular complexity index is 1100. The predicted molar refractivity (Wildman–Crippen MR) is 132 cm³/mol. The minimum Gasteiger partial charge on any atom is -0.370 e. The summed E-state index contributed by atoms with van der Waals surface area (Å²) in [7, 11) is 0. The quantitative estimate of drug-likeness (QED) is 0.615. The van der Waals surface area contributed by atoms with Crippen LogP contribution in [-0.2, 0) is 17.6 Å². The maximum atomic E-state index is 13.0. The fourth-order valence-corrected chi connectivity index (χ4v) is 5.93. The summed E-state index contributed by atoms with van der Waals surface area (Å²) >= 11 is 1.74. The molecule has 1 amide bonds. The number of carbonyl (C=O) groups excluding carboxylic acids is 1. The van der Waals surface area contributed by atoms with Gasteiger partial charge in [-0.05, 0) is 49.8 Å². The number of para-hydroxylation sites is 1. The minimum atomic E-state index is 0.00619. The zero-order valence-corrected chi connectivity index (χ0v) is 19.5. The molecule has 1 saturated heterocycles. The molecule has 0 radical (unpaired) electrons. The van der Waals surface area contributed by atoms with E-state index in [1.807, 2.05) is 0 Å². The van der Waals surface area contributed by atoms with E-state index in [1.165, 1.54) is 22.5 Å². The van der Waals surface area contributed by atoms with Gasteiger partial charge in [0.25, 0.3) is 0 Å². The molecule has 2 aromatic heterocycles. The first-order chi connectivity index (χ1) is 15.7. The SMILES string of the molecule is CCc1cc2c(N3CCC[C@H](C(=O)NCCN4CCCc5ccccc54)C3)ncnc2s1. The van der Waals surface area contributed by atoms with Crippen LogP contribution >= 0.6 is 11.3 Å².